The number of anilines is 1. The lowest BCUT2D eigenvalue weighted by Gasteiger charge is -2.12. The summed E-state index contributed by atoms with van der Waals surface area (Å²) in [6.07, 6.45) is 0. The van der Waals surface area contributed by atoms with Crippen molar-refractivity contribution in [2.45, 2.75) is 20.8 Å². The molecule has 0 unspecified atom stereocenters. The van der Waals surface area contributed by atoms with E-state index in [1.807, 2.05) is 32.0 Å². The highest BCUT2D eigenvalue weighted by Crippen LogP contribution is 2.24. The quantitative estimate of drug-likeness (QED) is 0.542. The molecule has 29 heavy (non-hydrogen) atoms. The number of carbonyl (C=O) groups excluding carboxylic acids is 1. The first-order chi connectivity index (χ1) is 13.8. The van der Waals surface area contributed by atoms with Crippen molar-refractivity contribution in [3.63, 3.8) is 0 Å². The number of nitrogens with one attached hydrogen (secondary N) is 2. The second kappa shape index (κ2) is 8.28. The number of hydrogen-bond acceptors (Lipinski definition) is 4. The van der Waals surface area contributed by atoms with Gasteiger partial charge in [0.25, 0.3) is 5.91 Å². The molecule has 6 nitrogen and oxygen atoms in total. The van der Waals surface area contributed by atoms with Crippen LogP contribution in [-0.2, 0) is 0 Å². The van der Waals surface area contributed by atoms with Crippen molar-refractivity contribution in [1.29, 1.82) is 0 Å². The van der Waals surface area contributed by atoms with Crippen LogP contribution in [-0.4, -0.2) is 22.1 Å². The van der Waals surface area contributed by atoms with Crippen molar-refractivity contribution in [3.05, 3.63) is 76.5 Å². The fourth-order valence-electron chi connectivity index (χ4n) is 2.83. The van der Waals surface area contributed by atoms with Crippen LogP contribution in [0.5, 0.6) is 0 Å². The highest BCUT2D eigenvalue weighted by molar-refractivity contribution is 7.80. The first-order valence-corrected chi connectivity index (χ1v) is 9.30. The number of furan rings is 1. The maximum Gasteiger partial charge on any atom is 0.336 e. The number of benzene rings is 2. The molecular formula is C22H20N2O4S. The Kier molecular flexibility index (Phi) is 5.79. The van der Waals surface area contributed by atoms with Gasteiger partial charge in [-0.1, -0.05) is 18.2 Å². The third-order valence-corrected chi connectivity index (χ3v) is 4.86. The van der Waals surface area contributed by atoms with Crippen LogP contribution in [0.2, 0.25) is 0 Å². The van der Waals surface area contributed by atoms with E-state index in [9.17, 15) is 14.7 Å². The lowest BCUT2D eigenvalue weighted by molar-refractivity contribution is 0.0696. The number of carboxylic acid groups (broad SMARTS) is 1. The summed E-state index contributed by atoms with van der Waals surface area (Å²) in [5.41, 5.74) is 4.38. The lowest BCUT2D eigenvalue weighted by Crippen LogP contribution is -2.34. The molecule has 0 fully saturated rings. The Bertz CT molecular complexity index is 1120. The summed E-state index contributed by atoms with van der Waals surface area (Å²) >= 11 is 5.18. The van der Waals surface area contributed by atoms with E-state index < -0.39 is 11.9 Å². The molecule has 148 valence electrons. The number of carbonyl (C=O) groups is 2. The highest BCUT2D eigenvalue weighted by atomic mass is 32.1. The molecule has 2 aromatic carbocycles. The molecule has 1 heterocycles. The molecule has 3 aromatic rings. The fourth-order valence-corrected chi connectivity index (χ4v) is 3.03. The Morgan fingerprint density at radius 1 is 1.00 bits per heavy atom. The minimum Gasteiger partial charge on any atom is -0.478 e. The second-order valence-corrected chi connectivity index (χ2v) is 7.06. The Balaban J connectivity index is 1.70. The van der Waals surface area contributed by atoms with Crippen molar-refractivity contribution < 1.29 is 19.1 Å². The van der Waals surface area contributed by atoms with Gasteiger partial charge in [-0.25, -0.2) is 4.79 Å². The van der Waals surface area contributed by atoms with Crippen LogP contribution in [0, 0.1) is 20.8 Å². The van der Waals surface area contributed by atoms with Crippen molar-refractivity contribution >= 4 is 34.9 Å². The first-order valence-electron chi connectivity index (χ1n) is 8.89. The van der Waals surface area contributed by atoms with Crippen LogP contribution >= 0.6 is 12.2 Å². The van der Waals surface area contributed by atoms with E-state index in [4.69, 9.17) is 16.6 Å². The number of amides is 1. The van der Waals surface area contributed by atoms with Crippen LogP contribution in [0.25, 0.3) is 11.3 Å². The molecule has 1 aromatic heterocycles. The van der Waals surface area contributed by atoms with Gasteiger partial charge < -0.3 is 14.8 Å². The van der Waals surface area contributed by atoms with Gasteiger partial charge in [-0.15, -0.1) is 0 Å². The molecule has 1 amide bonds. The third-order valence-electron chi connectivity index (χ3n) is 4.66. The summed E-state index contributed by atoms with van der Waals surface area (Å²) in [5.74, 6) is -0.819. The summed E-state index contributed by atoms with van der Waals surface area (Å²) in [5, 5.41) is 14.6. The predicted molar refractivity (Wildman–Crippen MR) is 115 cm³/mol. The van der Waals surface area contributed by atoms with Gasteiger partial charge in [0.05, 0.1) is 5.56 Å². The molecule has 7 heteroatoms. The van der Waals surface area contributed by atoms with Crippen LogP contribution in [0.1, 0.15) is 37.6 Å². The van der Waals surface area contributed by atoms with Crippen molar-refractivity contribution in [2.75, 3.05) is 5.32 Å². The number of aryl methyl sites for hydroxylation is 2. The summed E-state index contributed by atoms with van der Waals surface area (Å²) in [6, 6.07) is 14.0. The van der Waals surface area contributed by atoms with Crippen LogP contribution < -0.4 is 10.6 Å². The van der Waals surface area contributed by atoms with E-state index in [0.29, 0.717) is 17.0 Å². The summed E-state index contributed by atoms with van der Waals surface area (Å²) in [6.45, 7) is 5.71. The smallest absolute Gasteiger partial charge is 0.336 e. The summed E-state index contributed by atoms with van der Waals surface area (Å²) < 4.78 is 5.67. The van der Waals surface area contributed by atoms with Crippen LogP contribution in [0.4, 0.5) is 5.69 Å². The maximum atomic E-state index is 12.4. The predicted octanol–water partition coefficient (Wildman–Crippen LogP) is 4.70. The van der Waals surface area contributed by atoms with Gasteiger partial charge in [0.1, 0.15) is 5.76 Å². The normalized spacial score (nSPS) is 10.4. The molecule has 0 saturated carbocycles. The standard InChI is InChI=1S/C22H20N2O4S/c1-12-7-8-15(11-13(12)2)18-9-10-19(28-18)20(25)24-22(29)23-17-6-4-5-16(14(17)3)21(26)27/h4-11H,1-3H3,(H,26,27)(H2,23,24,25,29). The number of thiocarbonyl (C=S) groups is 1. The molecule has 3 N–H and O–H groups in total. The SMILES string of the molecule is Cc1ccc(-c2ccc(C(=O)NC(=S)Nc3cccc(C(=O)O)c3C)o2)cc1C. The van der Waals surface area contributed by atoms with E-state index >= 15 is 0 Å². The molecule has 0 saturated heterocycles. The van der Waals surface area contributed by atoms with Gasteiger partial charge in [-0.2, -0.15) is 0 Å². The van der Waals surface area contributed by atoms with Crippen LogP contribution in [0.15, 0.2) is 52.9 Å². The van der Waals surface area contributed by atoms with E-state index in [1.165, 1.54) is 11.6 Å². The molecule has 0 aliphatic rings. The summed E-state index contributed by atoms with van der Waals surface area (Å²) in [7, 11) is 0. The van der Waals surface area contributed by atoms with E-state index in [1.54, 1.807) is 31.2 Å². The van der Waals surface area contributed by atoms with E-state index in [2.05, 4.69) is 10.6 Å². The van der Waals surface area contributed by atoms with E-state index in [-0.39, 0.29) is 16.4 Å². The summed E-state index contributed by atoms with van der Waals surface area (Å²) in [4.78, 5) is 23.7. The van der Waals surface area contributed by atoms with E-state index in [0.717, 1.165) is 11.1 Å². The van der Waals surface area contributed by atoms with Gasteiger partial charge in [0.2, 0.25) is 0 Å². The van der Waals surface area contributed by atoms with Gasteiger partial charge in [-0.05, 0) is 80.0 Å². The zero-order valence-corrected chi connectivity index (χ0v) is 17.0. The van der Waals surface area contributed by atoms with Crippen molar-refractivity contribution in [3.8, 4) is 11.3 Å². The molecule has 0 spiro atoms. The maximum absolute atomic E-state index is 12.4. The lowest BCUT2D eigenvalue weighted by atomic mass is 10.1. The Morgan fingerprint density at radius 3 is 2.45 bits per heavy atom. The minimum absolute atomic E-state index is 0.0461. The van der Waals surface area contributed by atoms with Crippen molar-refractivity contribution in [1.82, 2.24) is 5.32 Å². The number of hydrogen-bond donors (Lipinski definition) is 3. The fraction of sp³-hybridized carbons (Fsp3) is 0.136. The molecule has 0 aliphatic carbocycles. The molecule has 0 bridgehead atoms. The average Bonchev–Trinajstić information content (AvgIpc) is 3.15. The average molecular weight is 408 g/mol. The highest BCUT2D eigenvalue weighted by Gasteiger charge is 2.16. The van der Waals surface area contributed by atoms with Crippen LogP contribution in [0.3, 0.4) is 0 Å². The molecule has 3 rings (SSSR count). The Morgan fingerprint density at radius 2 is 1.76 bits per heavy atom. The zero-order valence-electron chi connectivity index (χ0n) is 16.2. The Labute approximate surface area is 173 Å². The van der Waals surface area contributed by atoms with Gasteiger partial charge in [0, 0.05) is 11.3 Å². The second-order valence-electron chi connectivity index (χ2n) is 6.65. The molecular weight excluding hydrogens is 388 g/mol. The number of rotatable bonds is 4. The van der Waals surface area contributed by atoms with Gasteiger partial charge in [-0.3, -0.25) is 10.1 Å². The molecule has 0 aliphatic heterocycles. The monoisotopic (exact) mass is 408 g/mol. The largest absolute Gasteiger partial charge is 0.478 e. The topological polar surface area (TPSA) is 91.6 Å². The van der Waals surface area contributed by atoms with Gasteiger partial charge in [0.15, 0.2) is 10.9 Å². The third kappa shape index (κ3) is 4.52. The van der Waals surface area contributed by atoms with Crippen molar-refractivity contribution in [2.24, 2.45) is 0 Å². The molecule has 0 atom stereocenters. The number of carboxylic acids is 1. The zero-order chi connectivity index (χ0) is 21.1. The first kappa shape index (κ1) is 20.3. The van der Waals surface area contributed by atoms with Gasteiger partial charge >= 0.3 is 5.97 Å². The minimum atomic E-state index is -1.03. The molecule has 0 radical (unpaired) electrons. The number of aromatic carboxylic acids is 1. The Hall–Kier alpha value is -3.45.